The molecule has 0 saturated heterocycles. The minimum absolute atomic E-state index is 0.0526. The van der Waals surface area contributed by atoms with Crippen LogP contribution in [0.5, 0.6) is 0 Å². The quantitative estimate of drug-likeness (QED) is 0.907. The van der Waals surface area contributed by atoms with Gasteiger partial charge >= 0.3 is 0 Å². The zero-order valence-corrected chi connectivity index (χ0v) is 9.90. The SMILES string of the molecule is Cc1ccn(-c2ccc(CO)cc2Br)n1. The van der Waals surface area contributed by atoms with Gasteiger partial charge in [0.15, 0.2) is 0 Å². The van der Waals surface area contributed by atoms with Gasteiger partial charge in [0.25, 0.3) is 0 Å². The minimum Gasteiger partial charge on any atom is -0.392 e. The van der Waals surface area contributed by atoms with E-state index in [0.717, 1.165) is 21.4 Å². The smallest absolute Gasteiger partial charge is 0.0787 e. The van der Waals surface area contributed by atoms with Gasteiger partial charge in [-0.25, -0.2) is 4.68 Å². The van der Waals surface area contributed by atoms with Crippen molar-refractivity contribution in [2.24, 2.45) is 0 Å². The fraction of sp³-hybridized carbons (Fsp3) is 0.182. The number of nitrogens with zero attached hydrogens (tertiary/aromatic N) is 2. The summed E-state index contributed by atoms with van der Waals surface area (Å²) in [5.74, 6) is 0. The van der Waals surface area contributed by atoms with Crippen LogP contribution in [-0.4, -0.2) is 14.9 Å². The molecule has 1 aromatic carbocycles. The molecule has 0 radical (unpaired) electrons. The standard InChI is InChI=1S/C11H11BrN2O/c1-8-4-5-14(13-8)11-3-2-9(7-15)6-10(11)12/h2-6,15H,7H2,1H3. The Kier molecular flexibility index (Phi) is 2.88. The number of aryl methyl sites for hydroxylation is 1. The van der Waals surface area contributed by atoms with Crippen LogP contribution in [0.1, 0.15) is 11.3 Å². The minimum atomic E-state index is 0.0526. The number of aliphatic hydroxyl groups is 1. The Morgan fingerprint density at radius 3 is 2.73 bits per heavy atom. The third-order valence-corrected chi connectivity index (χ3v) is 2.80. The number of halogens is 1. The van der Waals surface area contributed by atoms with Crippen LogP contribution in [0.2, 0.25) is 0 Å². The first-order valence-electron chi connectivity index (χ1n) is 4.62. The van der Waals surface area contributed by atoms with Crippen LogP contribution in [0.15, 0.2) is 34.9 Å². The summed E-state index contributed by atoms with van der Waals surface area (Å²) in [5.41, 5.74) is 2.84. The van der Waals surface area contributed by atoms with Crippen LogP contribution < -0.4 is 0 Å². The molecule has 0 amide bonds. The van der Waals surface area contributed by atoms with Gasteiger partial charge in [-0.1, -0.05) is 6.07 Å². The normalized spacial score (nSPS) is 10.6. The molecule has 2 rings (SSSR count). The Labute approximate surface area is 96.5 Å². The second kappa shape index (κ2) is 4.16. The Hall–Kier alpha value is -1.13. The molecule has 4 heteroatoms. The van der Waals surface area contributed by atoms with E-state index < -0.39 is 0 Å². The molecule has 0 atom stereocenters. The molecule has 0 fully saturated rings. The molecule has 0 aliphatic carbocycles. The molecule has 1 N–H and O–H groups in total. The van der Waals surface area contributed by atoms with Gasteiger partial charge in [0.1, 0.15) is 0 Å². The Balaban J connectivity index is 2.45. The van der Waals surface area contributed by atoms with E-state index in [1.807, 2.05) is 37.4 Å². The summed E-state index contributed by atoms with van der Waals surface area (Å²) in [6, 6.07) is 7.66. The van der Waals surface area contributed by atoms with Crippen molar-refractivity contribution in [1.29, 1.82) is 0 Å². The van der Waals surface area contributed by atoms with Gasteiger partial charge in [-0.05, 0) is 46.6 Å². The van der Waals surface area contributed by atoms with Gasteiger partial charge in [-0.3, -0.25) is 0 Å². The van der Waals surface area contributed by atoms with Crippen LogP contribution >= 0.6 is 15.9 Å². The molecule has 0 unspecified atom stereocenters. The summed E-state index contributed by atoms with van der Waals surface area (Å²) in [6.07, 6.45) is 1.91. The maximum atomic E-state index is 8.98. The molecule has 1 heterocycles. The fourth-order valence-electron chi connectivity index (χ4n) is 1.38. The average molecular weight is 267 g/mol. The van der Waals surface area contributed by atoms with E-state index in [1.165, 1.54) is 0 Å². The predicted octanol–water partition coefficient (Wildman–Crippen LogP) is 2.44. The molecule has 0 saturated carbocycles. The first-order valence-corrected chi connectivity index (χ1v) is 5.42. The number of aliphatic hydroxyl groups excluding tert-OH is 1. The lowest BCUT2D eigenvalue weighted by Gasteiger charge is -2.05. The molecular weight excluding hydrogens is 256 g/mol. The summed E-state index contributed by atoms with van der Waals surface area (Å²) in [5, 5.41) is 13.3. The third-order valence-electron chi connectivity index (χ3n) is 2.16. The third kappa shape index (κ3) is 2.11. The van der Waals surface area contributed by atoms with E-state index in [9.17, 15) is 0 Å². The molecule has 1 aromatic heterocycles. The zero-order valence-electron chi connectivity index (χ0n) is 8.31. The van der Waals surface area contributed by atoms with Gasteiger partial charge in [-0.15, -0.1) is 0 Å². The molecule has 3 nitrogen and oxygen atoms in total. The van der Waals surface area contributed by atoms with Crippen LogP contribution in [0.25, 0.3) is 5.69 Å². The van der Waals surface area contributed by atoms with Crippen LogP contribution in [-0.2, 0) is 6.61 Å². The highest BCUT2D eigenvalue weighted by molar-refractivity contribution is 9.10. The Bertz CT molecular complexity index is 479. The van der Waals surface area contributed by atoms with E-state index in [0.29, 0.717) is 0 Å². The maximum absolute atomic E-state index is 8.98. The van der Waals surface area contributed by atoms with Gasteiger partial charge < -0.3 is 5.11 Å². The second-order valence-electron chi connectivity index (χ2n) is 3.35. The van der Waals surface area contributed by atoms with Gasteiger partial charge in [0, 0.05) is 10.7 Å². The molecule has 0 aliphatic rings. The van der Waals surface area contributed by atoms with Gasteiger partial charge in [0.2, 0.25) is 0 Å². The summed E-state index contributed by atoms with van der Waals surface area (Å²) in [4.78, 5) is 0. The second-order valence-corrected chi connectivity index (χ2v) is 4.20. The predicted molar refractivity (Wildman–Crippen MR) is 61.9 cm³/mol. The van der Waals surface area contributed by atoms with E-state index in [4.69, 9.17) is 5.11 Å². The summed E-state index contributed by atoms with van der Waals surface area (Å²) in [6.45, 7) is 2.00. The lowest BCUT2D eigenvalue weighted by Crippen LogP contribution is -1.97. The number of aromatic nitrogens is 2. The van der Waals surface area contributed by atoms with E-state index in [1.54, 1.807) is 4.68 Å². The highest BCUT2D eigenvalue weighted by atomic mass is 79.9. The summed E-state index contributed by atoms with van der Waals surface area (Å²) >= 11 is 3.46. The van der Waals surface area contributed by atoms with Crippen molar-refractivity contribution in [1.82, 2.24) is 9.78 Å². The molecule has 0 bridgehead atoms. The highest BCUT2D eigenvalue weighted by Gasteiger charge is 2.04. The van der Waals surface area contributed by atoms with Crippen molar-refractivity contribution in [3.8, 4) is 5.69 Å². The zero-order chi connectivity index (χ0) is 10.8. The summed E-state index contributed by atoms with van der Waals surface area (Å²) in [7, 11) is 0. The number of benzene rings is 1. The largest absolute Gasteiger partial charge is 0.392 e. The first-order chi connectivity index (χ1) is 7.20. The van der Waals surface area contributed by atoms with E-state index in [2.05, 4.69) is 21.0 Å². The fourth-order valence-corrected chi connectivity index (χ4v) is 1.99. The van der Waals surface area contributed by atoms with Crippen molar-refractivity contribution < 1.29 is 5.11 Å². The van der Waals surface area contributed by atoms with Gasteiger partial charge in [-0.2, -0.15) is 5.10 Å². The average Bonchev–Trinajstić information content (AvgIpc) is 2.64. The molecule has 15 heavy (non-hydrogen) atoms. The lowest BCUT2D eigenvalue weighted by atomic mass is 10.2. The van der Waals surface area contributed by atoms with Crippen LogP contribution in [0.4, 0.5) is 0 Å². The molecule has 0 aliphatic heterocycles. The Morgan fingerprint density at radius 1 is 1.40 bits per heavy atom. The number of hydrogen-bond donors (Lipinski definition) is 1. The van der Waals surface area contributed by atoms with E-state index in [-0.39, 0.29) is 6.61 Å². The number of rotatable bonds is 2. The van der Waals surface area contributed by atoms with Crippen LogP contribution in [0.3, 0.4) is 0 Å². The maximum Gasteiger partial charge on any atom is 0.0787 e. The molecule has 0 spiro atoms. The topological polar surface area (TPSA) is 38.0 Å². The molecule has 2 aromatic rings. The Morgan fingerprint density at radius 2 is 2.20 bits per heavy atom. The monoisotopic (exact) mass is 266 g/mol. The van der Waals surface area contributed by atoms with Crippen molar-refractivity contribution in [2.45, 2.75) is 13.5 Å². The number of hydrogen-bond acceptors (Lipinski definition) is 2. The van der Waals surface area contributed by atoms with Crippen molar-refractivity contribution >= 4 is 15.9 Å². The van der Waals surface area contributed by atoms with Crippen molar-refractivity contribution in [2.75, 3.05) is 0 Å². The van der Waals surface area contributed by atoms with Crippen molar-refractivity contribution in [3.05, 3.63) is 46.2 Å². The van der Waals surface area contributed by atoms with Crippen LogP contribution in [0, 0.1) is 6.92 Å². The first kappa shape index (κ1) is 10.4. The van der Waals surface area contributed by atoms with E-state index >= 15 is 0 Å². The summed E-state index contributed by atoms with van der Waals surface area (Å²) < 4.78 is 2.73. The van der Waals surface area contributed by atoms with Gasteiger partial charge in [0.05, 0.1) is 18.0 Å². The van der Waals surface area contributed by atoms with Crippen molar-refractivity contribution in [3.63, 3.8) is 0 Å². The lowest BCUT2D eigenvalue weighted by molar-refractivity contribution is 0.282. The molecular formula is C11H11BrN2O. The highest BCUT2D eigenvalue weighted by Crippen LogP contribution is 2.22. The molecule has 78 valence electrons.